The van der Waals surface area contributed by atoms with Gasteiger partial charge >= 0.3 is 11.9 Å². The van der Waals surface area contributed by atoms with Crippen molar-refractivity contribution < 1.29 is 29.0 Å². The molecular weight excluding hydrogens is 268 g/mol. The number of ether oxygens (including phenoxy) is 2. The maximum absolute atomic E-state index is 11.6. The summed E-state index contributed by atoms with van der Waals surface area (Å²) in [5.41, 5.74) is 5.53. The second-order valence-corrected chi connectivity index (χ2v) is 3.95. The minimum atomic E-state index is -1.11. The van der Waals surface area contributed by atoms with Crippen LogP contribution in [0.4, 0.5) is 0 Å². The predicted molar refractivity (Wildman–Crippen MR) is 69.5 cm³/mol. The maximum Gasteiger partial charge on any atom is 0.331 e. The van der Waals surface area contributed by atoms with Crippen molar-refractivity contribution in [3.05, 3.63) is 0 Å². The fraction of sp³-hybridized carbons (Fsp3) is 0.750. The SMILES string of the molecule is CCOC(=O)C(N)CCC(=O)NC(CO)C(=O)OCC. The normalized spacial score (nSPS) is 13.2. The van der Waals surface area contributed by atoms with E-state index in [0.29, 0.717) is 0 Å². The molecule has 0 heterocycles. The Labute approximate surface area is 117 Å². The number of amides is 1. The second kappa shape index (κ2) is 10.2. The van der Waals surface area contributed by atoms with Gasteiger partial charge in [0.1, 0.15) is 6.04 Å². The van der Waals surface area contributed by atoms with Crippen molar-refractivity contribution in [1.29, 1.82) is 0 Å². The van der Waals surface area contributed by atoms with Crippen LogP contribution in [-0.2, 0) is 23.9 Å². The third-order valence-electron chi connectivity index (χ3n) is 2.36. The first-order valence-corrected chi connectivity index (χ1v) is 6.45. The van der Waals surface area contributed by atoms with Crippen LogP contribution in [0.3, 0.4) is 0 Å². The van der Waals surface area contributed by atoms with Crippen molar-refractivity contribution >= 4 is 17.8 Å². The van der Waals surface area contributed by atoms with Gasteiger partial charge in [0.25, 0.3) is 0 Å². The smallest absolute Gasteiger partial charge is 0.331 e. The first kappa shape index (κ1) is 18.3. The molecule has 0 aliphatic heterocycles. The van der Waals surface area contributed by atoms with Crippen LogP contribution in [0.15, 0.2) is 0 Å². The van der Waals surface area contributed by atoms with Gasteiger partial charge in [-0.05, 0) is 20.3 Å². The highest BCUT2D eigenvalue weighted by atomic mass is 16.5. The lowest BCUT2D eigenvalue weighted by Crippen LogP contribution is -2.45. The molecule has 8 nitrogen and oxygen atoms in total. The number of rotatable bonds is 9. The van der Waals surface area contributed by atoms with Gasteiger partial charge in [-0.2, -0.15) is 0 Å². The van der Waals surface area contributed by atoms with Crippen LogP contribution in [0.5, 0.6) is 0 Å². The number of carbonyl (C=O) groups excluding carboxylic acids is 3. The molecule has 4 N–H and O–H groups in total. The van der Waals surface area contributed by atoms with Crippen molar-refractivity contribution in [2.24, 2.45) is 5.73 Å². The van der Waals surface area contributed by atoms with E-state index in [4.69, 9.17) is 15.6 Å². The molecule has 0 aromatic carbocycles. The maximum atomic E-state index is 11.6. The van der Waals surface area contributed by atoms with Gasteiger partial charge < -0.3 is 25.6 Å². The van der Waals surface area contributed by atoms with Crippen molar-refractivity contribution in [1.82, 2.24) is 5.32 Å². The van der Waals surface area contributed by atoms with Crippen molar-refractivity contribution in [2.45, 2.75) is 38.8 Å². The van der Waals surface area contributed by atoms with Crippen LogP contribution < -0.4 is 11.1 Å². The van der Waals surface area contributed by atoms with Crippen LogP contribution >= 0.6 is 0 Å². The third kappa shape index (κ3) is 7.05. The molecule has 0 aliphatic carbocycles. The zero-order chi connectivity index (χ0) is 15.5. The number of hydrogen-bond donors (Lipinski definition) is 3. The molecule has 0 bridgehead atoms. The summed E-state index contributed by atoms with van der Waals surface area (Å²) in [5, 5.41) is 11.3. The van der Waals surface area contributed by atoms with Crippen LogP contribution in [0.2, 0.25) is 0 Å². The molecule has 0 aliphatic rings. The summed E-state index contributed by atoms with van der Waals surface area (Å²) in [6, 6.07) is -2.00. The van der Waals surface area contributed by atoms with E-state index in [9.17, 15) is 14.4 Å². The fourth-order valence-electron chi connectivity index (χ4n) is 1.34. The molecule has 0 saturated carbocycles. The molecule has 1 amide bonds. The largest absolute Gasteiger partial charge is 0.465 e. The molecule has 0 aromatic heterocycles. The minimum Gasteiger partial charge on any atom is -0.465 e. The van der Waals surface area contributed by atoms with Crippen molar-refractivity contribution in [3.8, 4) is 0 Å². The van der Waals surface area contributed by atoms with Crippen LogP contribution in [-0.4, -0.2) is 54.9 Å². The lowest BCUT2D eigenvalue weighted by atomic mass is 10.1. The molecule has 0 radical (unpaired) electrons. The molecule has 20 heavy (non-hydrogen) atoms. The van der Waals surface area contributed by atoms with E-state index in [1.165, 1.54) is 0 Å². The van der Waals surface area contributed by atoms with E-state index in [1.54, 1.807) is 13.8 Å². The highest BCUT2D eigenvalue weighted by molar-refractivity contribution is 5.85. The Balaban J connectivity index is 4.14. The van der Waals surface area contributed by atoms with Gasteiger partial charge in [0.2, 0.25) is 5.91 Å². The Morgan fingerprint density at radius 2 is 1.70 bits per heavy atom. The van der Waals surface area contributed by atoms with Gasteiger partial charge in [-0.1, -0.05) is 0 Å². The van der Waals surface area contributed by atoms with Gasteiger partial charge in [-0.25, -0.2) is 4.79 Å². The van der Waals surface area contributed by atoms with E-state index in [1.807, 2.05) is 0 Å². The summed E-state index contributed by atoms with van der Waals surface area (Å²) < 4.78 is 9.38. The van der Waals surface area contributed by atoms with E-state index in [2.05, 4.69) is 10.1 Å². The summed E-state index contributed by atoms with van der Waals surface area (Å²) in [6.07, 6.45) is 0.0293. The third-order valence-corrected chi connectivity index (χ3v) is 2.36. The summed E-state index contributed by atoms with van der Waals surface area (Å²) in [6.45, 7) is 3.08. The highest BCUT2D eigenvalue weighted by Crippen LogP contribution is 1.99. The monoisotopic (exact) mass is 290 g/mol. The summed E-state index contributed by atoms with van der Waals surface area (Å²) in [4.78, 5) is 34.1. The molecule has 0 spiro atoms. The lowest BCUT2D eigenvalue weighted by molar-refractivity contribution is -0.149. The topological polar surface area (TPSA) is 128 Å². The van der Waals surface area contributed by atoms with Crippen molar-refractivity contribution in [2.75, 3.05) is 19.8 Å². The molecule has 8 heteroatoms. The second-order valence-electron chi connectivity index (χ2n) is 3.95. The number of aliphatic hydroxyl groups excluding tert-OH is 1. The highest BCUT2D eigenvalue weighted by Gasteiger charge is 2.22. The number of aliphatic hydroxyl groups is 1. The molecule has 2 unspecified atom stereocenters. The lowest BCUT2D eigenvalue weighted by Gasteiger charge is -2.15. The fourth-order valence-corrected chi connectivity index (χ4v) is 1.34. The van der Waals surface area contributed by atoms with Crippen LogP contribution in [0.1, 0.15) is 26.7 Å². The molecule has 2 atom stereocenters. The summed E-state index contributed by atoms with van der Waals surface area (Å²) in [5.74, 6) is -1.79. The molecule has 0 fully saturated rings. The van der Waals surface area contributed by atoms with Crippen LogP contribution in [0, 0.1) is 0 Å². The molecule has 116 valence electrons. The van der Waals surface area contributed by atoms with Gasteiger partial charge in [0.05, 0.1) is 19.8 Å². The van der Waals surface area contributed by atoms with Gasteiger partial charge in [-0.3, -0.25) is 9.59 Å². The Morgan fingerprint density at radius 1 is 1.15 bits per heavy atom. The number of nitrogens with one attached hydrogen (secondary N) is 1. The number of nitrogens with two attached hydrogens (primary N) is 1. The average molecular weight is 290 g/mol. The summed E-state index contributed by atoms with van der Waals surface area (Å²) in [7, 11) is 0. The quantitative estimate of drug-likeness (QED) is 0.450. The summed E-state index contributed by atoms with van der Waals surface area (Å²) >= 11 is 0. The van der Waals surface area contributed by atoms with Crippen molar-refractivity contribution in [3.63, 3.8) is 0 Å². The molecule has 0 rings (SSSR count). The number of esters is 2. The van der Waals surface area contributed by atoms with Gasteiger partial charge in [-0.15, -0.1) is 0 Å². The minimum absolute atomic E-state index is 0.0596. The standard InChI is InChI=1S/C12H22N2O6/c1-3-19-11(17)8(13)5-6-10(16)14-9(7-15)12(18)20-4-2/h8-9,15H,3-7,13H2,1-2H3,(H,14,16). The predicted octanol–water partition coefficient (Wildman–Crippen LogP) is -1.30. The molecular formula is C12H22N2O6. The number of carbonyl (C=O) groups is 3. The zero-order valence-corrected chi connectivity index (χ0v) is 11.8. The van der Waals surface area contributed by atoms with E-state index < -0.39 is 36.5 Å². The Hall–Kier alpha value is -1.67. The zero-order valence-electron chi connectivity index (χ0n) is 11.8. The Morgan fingerprint density at radius 3 is 2.20 bits per heavy atom. The van der Waals surface area contributed by atoms with Crippen LogP contribution in [0.25, 0.3) is 0 Å². The molecule has 0 aromatic rings. The Kier molecular flexibility index (Phi) is 9.31. The molecule has 0 saturated heterocycles. The first-order valence-electron chi connectivity index (χ1n) is 6.45. The van der Waals surface area contributed by atoms with Gasteiger partial charge in [0, 0.05) is 6.42 Å². The first-order chi connectivity index (χ1) is 9.46. The van der Waals surface area contributed by atoms with Gasteiger partial charge in [0.15, 0.2) is 6.04 Å². The Bertz CT molecular complexity index is 334. The average Bonchev–Trinajstić information content (AvgIpc) is 2.42. The van der Waals surface area contributed by atoms with E-state index in [-0.39, 0.29) is 26.1 Å². The van der Waals surface area contributed by atoms with E-state index >= 15 is 0 Å². The van der Waals surface area contributed by atoms with E-state index in [0.717, 1.165) is 0 Å². The number of hydrogen-bond acceptors (Lipinski definition) is 7.